The number of rotatable bonds is 8. The largest absolute Gasteiger partial charge is 0.467 e. The van der Waals surface area contributed by atoms with Crippen LogP contribution in [0.15, 0.2) is 54.6 Å². The molecule has 0 heterocycles. The van der Waals surface area contributed by atoms with Crippen LogP contribution >= 0.6 is 0 Å². The van der Waals surface area contributed by atoms with E-state index in [1.54, 1.807) is 0 Å². The van der Waals surface area contributed by atoms with Crippen LogP contribution < -0.4 is 10.6 Å². The first kappa shape index (κ1) is 21.1. The van der Waals surface area contributed by atoms with E-state index in [9.17, 15) is 18.8 Å². The van der Waals surface area contributed by atoms with Crippen molar-refractivity contribution >= 4 is 17.8 Å². The van der Waals surface area contributed by atoms with Crippen LogP contribution in [0, 0.1) is 5.82 Å². The number of nitrogens with one attached hydrogen (secondary N) is 2. The number of methoxy groups -OCH3 is 1. The maximum Gasteiger partial charge on any atom is 0.328 e. The van der Waals surface area contributed by atoms with E-state index in [0.29, 0.717) is 5.56 Å². The van der Waals surface area contributed by atoms with E-state index in [2.05, 4.69) is 10.6 Å². The lowest BCUT2D eigenvalue weighted by Gasteiger charge is -2.22. The van der Waals surface area contributed by atoms with Crippen LogP contribution in [0.5, 0.6) is 0 Å². The molecule has 0 aliphatic carbocycles. The molecule has 2 aromatic rings. The summed E-state index contributed by atoms with van der Waals surface area (Å²) in [7, 11) is 1.22. The molecule has 0 aliphatic heterocycles. The molecule has 0 saturated carbocycles. The van der Waals surface area contributed by atoms with Gasteiger partial charge in [0.15, 0.2) is 0 Å². The highest BCUT2D eigenvalue weighted by Crippen LogP contribution is 2.09. The summed E-state index contributed by atoms with van der Waals surface area (Å²) in [5, 5.41) is 5.24. The van der Waals surface area contributed by atoms with Crippen LogP contribution in [0.25, 0.3) is 0 Å². The van der Waals surface area contributed by atoms with Crippen LogP contribution in [0.4, 0.5) is 4.39 Å². The fourth-order valence-electron chi connectivity index (χ4n) is 2.77. The topological polar surface area (TPSA) is 84.5 Å². The minimum absolute atomic E-state index is 0.136. The van der Waals surface area contributed by atoms with E-state index < -0.39 is 29.8 Å². The third kappa shape index (κ3) is 6.50. The van der Waals surface area contributed by atoms with Gasteiger partial charge >= 0.3 is 5.97 Å². The number of carbonyl (C=O) groups excluding carboxylic acids is 3. The maximum atomic E-state index is 13.1. The second-order valence-electron chi connectivity index (χ2n) is 6.36. The first-order valence-corrected chi connectivity index (χ1v) is 8.82. The Hall–Kier alpha value is -3.22. The van der Waals surface area contributed by atoms with Crippen LogP contribution in [0.1, 0.15) is 18.1 Å². The van der Waals surface area contributed by atoms with Gasteiger partial charge in [0.25, 0.3) is 0 Å². The molecule has 148 valence electrons. The van der Waals surface area contributed by atoms with E-state index in [0.717, 1.165) is 5.56 Å². The van der Waals surface area contributed by atoms with Crippen LogP contribution in [0.2, 0.25) is 0 Å². The number of hydrogen-bond acceptors (Lipinski definition) is 4. The zero-order valence-corrected chi connectivity index (χ0v) is 15.8. The number of hydrogen-bond donors (Lipinski definition) is 2. The Morgan fingerprint density at radius 3 is 2.04 bits per heavy atom. The molecule has 0 fully saturated rings. The summed E-state index contributed by atoms with van der Waals surface area (Å²) in [5.41, 5.74) is 1.53. The van der Waals surface area contributed by atoms with E-state index in [1.165, 1.54) is 38.3 Å². The molecular weight excluding hydrogens is 363 g/mol. The van der Waals surface area contributed by atoms with Gasteiger partial charge in [-0.15, -0.1) is 0 Å². The van der Waals surface area contributed by atoms with Crippen molar-refractivity contribution in [3.8, 4) is 0 Å². The smallest absolute Gasteiger partial charge is 0.328 e. The summed E-state index contributed by atoms with van der Waals surface area (Å²) in [6.07, 6.45) is 0.410. The number of ether oxygens (including phenoxy) is 1. The molecular formula is C21H23FN2O4. The van der Waals surface area contributed by atoms with Crippen LogP contribution in [0.3, 0.4) is 0 Å². The Morgan fingerprint density at radius 1 is 0.893 bits per heavy atom. The second-order valence-corrected chi connectivity index (χ2v) is 6.36. The fraction of sp³-hybridized carbons (Fsp3) is 0.286. The number of halogens is 1. The molecule has 0 saturated heterocycles. The van der Waals surface area contributed by atoms with Crippen molar-refractivity contribution < 1.29 is 23.5 Å². The lowest BCUT2D eigenvalue weighted by Crippen LogP contribution is -2.53. The van der Waals surface area contributed by atoms with Gasteiger partial charge in [-0.2, -0.15) is 0 Å². The van der Waals surface area contributed by atoms with Crippen molar-refractivity contribution in [1.29, 1.82) is 0 Å². The minimum Gasteiger partial charge on any atom is -0.467 e. The summed E-state index contributed by atoms with van der Waals surface area (Å²) in [6, 6.07) is 13.0. The van der Waals surface area contributed by atoms with Gasteiger partial charge in [-0.3, -0.25) is 9.59 Å². The van der Waals surface area contributed by atoms with Gasteiger partial charge in [0.1, 0.15) is 17.9 Å². The first-order chi connectivity index (χ1) is 13.4. The van der Waals surface area contributed by atoms with Crippen molar-refractivity contribution in [2.24, 2.45) is 0 Å². The van der Waals surface area contributed by atoms with E-state index in [4.69, 9.17) is 4.74 Å². The third-order valence-corrected chi connectivity index (χ3v) is 4.13. The predicted octanol–water partition coefficient (Wildman–Crippen LogP) is 1.77. The summed E-state index contributed by atoms with van der Waals surface area (Å²) in [5.74, 6) is -1.88. The number of benzene rings is 2. The van der Waals surface area contributed by atoms with Crippen molar-refractivity contribution in [2.45, 2.75) is 31.8 Å². The lowest BCUT2D eigenvalue weighted by molar-refractivity contribution is -0.145. The highest BCUT2D eigenvalue weighted by Gasteiger charge is 2.27. The normalized spacial score (nSPS) is 12.5. The van der Waals surface area contributed by atoms with Crippen molar-refractivity contribution in [3.05, 3.63) is 71.5 Å². The Kier molecular flexibility index (Phi) is 7.68. The van der Waals surface area contributed by atoms with Gasteiger partial charge in [0.05, 0.1) is 7.11 Å². The molecule has 0 unspecified atom stereocenters. The fourth-order valence-corrected chi connectivity index (χ4v) is 2.77. The summed E-state index contributed by atoms with van der Waals surface area (Å²) in [6.45, 7) is 1.32. The SMILES string of the molecule is COC(=O)[C@@H](Cc1ccc(F)cc1)NC(=O)[C@@H](Cc1ccccc1)NC(C)=O. The summed E-state index contributed by atoms with van der Waals surface area (Å²) in [4.78, 5) is 36.4. The summed E-state index contributed by atoms with van der Waals surface area (Å²) < 4.78 is 17.9. The molecule has 0 radical (unpaired) electrons. The van der Waals surface area contributed by atoms with Gasteiger partial charge in [-0.05, 0) is 23.3 Å². The van der Waals surface area contributed by atoms with Crippen LogP contribution in [-0.2, 0) is 32.0 Å². The number of esters is 1. The lowest BCUT2D eigenvalue weighted by atomic mass is 10.0. The quantitative estimate of drug-likeness (QED) is 0.678. The molecule has 7 heteroatoms. The summed E-state index contributed by atoms with van der Waals surface area (Å²) >= 11 is 0. The third-order valence-electron chi connectivity index (χ3n) is 4.13. The minimum atomic E-state index is -0.963. The number of amides is 2. The van der Waals surface area contributed by atoms with Gasteiger partial charge in [0.2, 0.25) is 11.8 Å². The molecule has 2 N–H and O–H groups in total. The van der Waals surface area contributed by atoms with Crippen molar-refractivity contribution in [3.63, 3.8) is 0 Å². The Balaban J connectivity index is 2.14. The zero-order valence-electron chi connectivity index (χ0n) is 15.8. The molecule has 28 heavy (non-hydrogen) atoms. The standard InChI is InChI=1S/C21H23FN2O4/c1-14(25)23-18(12-15-6-4-3-5-7-15)20(26)24-19(21(27)28-2)13-16-8-10-17(22)11-9-16/h3-11,18-19H,12-13H2,1-2H3,(H,23,25)(H,24,26)/t18-,19-/m1/s1. The maximum absolute atomic E-state index is 13.1. The highest BCUT2D eigenvalue weighted by molar-refractivity contribution is 5.90. The molecule has 2 rings (SSSR count). The zero-order chi connectivity index (χ0) is 20.5. The van der Waals surface area contributed by atoms with Gasteiger partial charge in [-0.1, -0.05) is 42.5 Å². The molecule has 2 aromatic carbocycles. The molecule has 0 spiro atoms. The van der Waals surface area contributed by atoms with Gasteiger partial charge in [0, 0.05) is 19.8 Å². The van der Waals surface area contributed by atoms with E-state index >= 15 is 0 Å². The number of carbonyl (C=O) groups is 3. The van der Waals surface area contributed by atoms with E-state index in [-0.39, 0.29) is 18.7 Å². The Morgan fingerprint density at radius 2 is 1.46 bits per heavy atom. The average Bonchev–Trinajstić information content (AvgIpc) is 2.68. The molecule has 2 amide bonds. The van der Waals surface area contributed by atoms with Gasteiger partial charge in [-0.25, -0.2) is 9.18 Å². The van der Waals surface area contributed by atoms with Crippen molar-refractivity contribution in [2.75, 3.05) is 7.11 Å². The Labute approximate surface area is 163 Å². The molecule has 2 atom stereocenters. The molecule has 6 nitrogen and oxygen atoms in total. The molecule has 0 aliphatic rings. The Bertz CT molecular complexity index is 809. The van der Waals surface area contributed by atoms with Crippen LogP contribution in [-0.4, -0.2) is 37.0 Å². The predicted molar refractivity (Wildman–Crippen MR) is 102 cm³/mol. The molecule has 0 aromatic heterocycles. The average molecular weight is 386 g/mol. The van der Waals surface area contributed by atoms with E-state index in [1.807, 2.05) is 30.3 Å². The highest BCUT2D eigenvalue weighted by atomic mass is 19.1. The second kappa shape index (κ2) is 10.2. The molecule has 0 bridgehead atoms. The first-order valence-electron chi connectivity index (χ1n) is 8.82. The monoisotopic (exact) mass is 386 g/mol. The van der Waals surface area contributed by atoms with Gasteiger partial charge < -0.3 is 15.4 Å². The van der Waals surface area contributed by atoms with Crippen molar-refractivity contribution in [1.82, 2.24) is 10.6 Å².